The Morgan fingerprint density at radius 2 is 0.722 bits per heavy atom. The number of aliphatic hydroxyl groups is 30. The van der Waals surface area contributed by atoms with Gasteiger partial charge in [0.1, 0.15) is 238 Å². The molecule has 9 heterocycles. The maximum Gasteiger partial charge on any atom is 0.364 e. The normalized spacial score (nSPS) is 44.5. The molecule has 0 saturated carbocycles. The molecule has 0 bridgehead atoms. The number of carbonyl (C=O) groups is 6. The fourth-order valence-electron chi connectivity index (χ4n) is 16.5. The number of carboxylic acid groups (broad SMARTS) is 1. The third-order valence-electron chi connectivity index (χ3n) is 23.6. The summed E-state index contributed by atoms with van der Waals surface area (Å²) in [6.45, 7) is -10.9. The Morgan fingerprint density at radius 1 is 0.353 bits per heavy atom. The number of nitrogens with one attached hydrogen (secondary N) is 5. The van der Waals surface area contributed by atoms with E-state index in [1.165, 1.54) is 0 Å². The predicted octanol–water partition coefficient (Wildman–Crippen LogP) is -24.3. The zero-order valence-corrected chi connectivity index (χ0v) is 71.1. The summed E-state index contributed by atoms with van der Waals surface area (Å²) < 4.78 is 107. The van der Waals surface area contributed by atoms with Crippen molar-refractivity contribution in [3.8, 4) is 0 Å². The number of ether oxygens (including phenoxy) is 18. The van der Waals surface area contributed by atoms with Crippen LogP contribution < -0.4 is 26.6 Å². The lowest BCUT2D eigenvalue weighted by molar-refractivity contribution is -0.398. The standard InChI is InChI=1S/C73H123N5O55/c1-18(89)74-22(6-79)39(97)56(25(95)8-81)126-64-36(75-19(2)90)46(104)59(31(14-87)121-64)129-69-55(113)61(130-71-63(52(110)43(101)28(11-84)120-71)132-66-38(77-21(4)92)48(106)57(29(12-85)123-66)127-67-53(111)49(107)41(99)26(9-82)118-67)45(103)32(124-69)16-116-70-62(51(109)42(100)27(10-83)119-70)131-65-37(76-20(3)91)47(105)58(30(13-86)122-65)128-68-54(112)50(108)44(102)33(125-68)17-117-73(72(114)115)5-23(93)35(78-34(96)15-88)60(133-73)40(98)24(94)7-80/h22-33,35-71,79-88,93-95,97-113H,5-17H2,1-4H3,(H,74,89)(H,75,90)(H,76,91)(H,77,92)(H,78,96)(H,114,115)/t22-,23-,24+,25+,26+,27+,28+,29+,30+,31+,32+,33+,35+,36+,37+,38+,39+,40+,41-,42+,43+,44-,45+,46+,47+,48+,49-,50-,51-,52-,53+,54+,55-,56+,57+,58+,59+,60+,61-,62-,63-,64-,65-,66-,67-,68-,69-,70-,71+,73+/m0/s1. The summed E-state index contributed by atoms with van der Waals surface area (Å²) in [6, 6.07) is -9.68. The second kappa shape index (κ2) is 49.3. The molecule has 0 aromatic carbocycles. The molecule has 0 spiro atoms. The van der Waals surface area contributed by atoms with Gasteiger partial charge in [-0.25, -0.2) is 4.79 Å². The average Bonchev–Trinajstić information content (AvgIpc) is 0.764. The van der Waals surface area contributed by atoms with Crippen molar-refractivity contribution in [3.63, 3.8) is 0 Å². The molecule has 9 fully saturated rings. The van der Waals surface area contributed by atoms with E-state index >= 15 is 0 Å². The van der Waals surface area contributed by atoms with Crippen molar-refractivity contribution in [2.75, 3.05) is 79.3 Å². The van der Waals surface area contributed by atoms with Crippen LogP contribution in [-0.4, -0.2) is 579 Å². The van der Waals surface area contributed by atoms with Crippen LogP contribution in [0.15, 0.2) is 0 Å². The van der Waals surface area contributed by atoms with Gasteiger partial charge in [-0.3, -0.25) is 24.0 Å². The number of carboxylic acids is 1. The van der Waals surface area contributed by atoms with Crippen molar-refractivity contribution < 1.29 is 272 Å². The third-order valence-corrected chi connectivity index (χ3v) is 23.6. The molecule has 36 N–H and O–H groups in total. The smallest absolute Gasteiger partial charge is 0.364 e. The summed E-state index contributed by atoms with van der Waals surface area (Å²) in [7, 11) is 0. The fraction of sp³-hybridized carbons (Fsp3) is 0.918. The van der Waals surface area contributed by atoms with E-state index < -0.39 is 427 Å². The lowest BCUT2D eigenvalue weighted by Crippen LogP contribution is -2.70. The van der Waals surface area contributed by atoms with Gasteiger partial charge in [-0.2, -0.15) is 0 Å². The van der Waals surface area contributed by atoms with Crippen LogP contribution in [0.2, 0.25) is 0 Å². The molecule has 0 radical (unpaired) electrons. The second-order valence-corrected chi connectivity index (χ2v) is 33.0. The van der Waals surface area contributed by atoms with Crippen LogP contribution in [0.3, 0.4) is 0 Å². The first kappa shape index (κ1) is 112. The molecule has 9 rings (SSSR count). The number of hydrogen-bond acceptors (Lipinski definition) is 54. The number of hydrogen-bond donors (Lipinski definition) is 36. The zero-order valence-electron chi connectivity index (χ0n) is 71.1. The van der Waals surface area contributed by atoms with Gasteiger partial charge in [0.15, 0.2) is 50.3 Å². The van der Waals surface area contributed by atoms with E-state index in [4.69, 9.17) is 85.3 Å². The zero-order chi connectivity index (χ0) is 98.7. The Hall–Kier alpha value is -5.10. The highest BCUT2D eigenvalue weighted by Gasteiger charge is 2.63. The number of aliphatic carboxylic acids is 1. The van der Waals surface area contributed by atoms with E-state index in [0.29, 0.717) is 0 Å². The molecule has 60 heteroatoms. The van der Waals surface area contributed by atoms with Crippen LogP contribution in [0.5, 0.6) is 0 Å². The lowest BCUT2D eigenvalue weighted by atomic mass is 9.88. The minimum absolute atomic E-state index is 0.842. The topological polar surface area (TPSA) is 956 Å². The minimum atomic E-state index is -3.17. The molecular weight excluding hydrogens is 1830 g/mol. The van der Waals surface area contributed by atoms with Crippen LogP contribution in [0, 0.1) is 0 Å². The molecule has 9 aliphatic rings. The average molecular weight is 1950 g/mol. The minimum Gasteiger partial charge on any atom is -0.477 e. The van der Waals surface area contributed by atoms with Crippen LogP contribution in [0.25, 0.3) is 0 Å². The quantitative estimate of drug-likeness (QED) is 0.0270. The van der Waals surface area contributed by atoms with E-state index in [-0.39, 0.29) is 0 Å². The van der Waals surface area contributed by atoms with Crippen LogP contribution in [0.1, 0.15) is 34.1 Å². The molecule has 9 aliphatic heterocycles. The first-order chi connectivity index (χ1) is 62.8. The van der Waals surface area contributed by atoms with Gasteiger partial charge in [-0.1, -0.05) is 0 Å². The summed E-state index contributed by atoms with van der Waals surface area (Å²) in [4.78, 5) is 76.7. The molecule has 60 nitrogen and oxygen atoms in total. The summed E-state index contributed by atoms with van der Waals surface area (Å²) in [5, 5.41) is 355. The monoisotopic (exact) mass is 1950 g/mol. The molecule has 133 heavy (non-hydrogen) atoms. The van der Waals surface area contributed by atoms with Gasteiger partial charge < -0.3 is 270 Å². The SMILES string of the molecule is CC(=O)N[C@H]1[C@H](O[C@@H]([C@H](O)[C@H](CO)NC(C)=O)[C@H](O)CO)O[C@H](CO)[C@@H](O[C@@H]2O[C@H](CO[C@H]3O[C@H](CO)[C@@H](O)[C@H](O)[C@@H]3O[C@@H]3O[C@H](CO)[C@@H](O[C@@H]4O[C@H](CO[C@]5(C(=O)O)C[C@H](O)[C@@H](NC(=O)CO)[C@H]([C@H](O)[C@H](O)CO)O5)[C@H](O)[C@H](O)[C@H]4O)[C@H](O)[C@H]3NC(C)=O)[C@@H](O)[C@H](O[C@H]3O[C@H](CO)[C@@H](O)[C@H](O)[C@@H]3O[C@@H]3O[C@H](CO)[C@@H](O[C@@H]4O[C@H](CO)[C@H](O)[C@H](O)[C@H]4O)[C@H](O)[C@H]3NC(C)=O)[C@@H]2O)[C@@H]1O. The first-order valence-corrected chi connectivity index (χ1v) is 41.9. The predicted molar refractivity (Wildman–Crippen MR) is 409 cm³/mol. The van der Waals surface area contributed by atoms with E-state index in [0.717, 1.165) is 27.7 Å². The van der Waals surface area contributed by atoms with Crippen molar-refractivity contribution in [3.05, 3.63) is 0 Å². The Bertz CT molecular complexity index is 3650. The highest BCUT2D eigenvalue weighted by atomic mass is 16.8. The molecule has 5 amide bonds. The Kier molecular flexibility index (Phi) is 41.4. The van der Waals surface area contributed by atoms with Crippen molar-refractivity contribution in [1.29, 1.82) is 0 Å². The summed E-state index contributed by atoms with van der Waals surface area (Å²) >= 11 is 0. The molecule has 50 atom stereocenters. The van der Waals surface area contributed by atoms with Gasteiger partial charge in [0.05, 0.1) is 90.9 Å². The summed E-state index contributed by atoms with van der Waals surface area (Å²) in [5.74, 6) is -10.4. The van der Waals surface area contributed by atoms with Crippen molar-refractivity contribution in [2.45, 2.75) is 340 Å². The molecule has 0 aromatic rings. The lowest BCUT2D eigenvalue weighted by Gasteiger charge is -2.51. The van der Waals surface area contributed by atoms with Gasteiger partial charge in [0.25, 0.3) is 5.79 Å². The number of carbonyl (C=O) groups excluding carboxylic acids is 5. The largest absolute Gasteiger partial charge is 0.477 e. The van der Waals surface area contributed by atoms with Gasteiger partial charge in [0.2, 0.25) is 29.5 Å². The molecule has 0 aromatic heterocycles. The molecular formula is C73H123N5O55. The highest BCUT2D eigenvalue weighted by molar-refractivity contribution is 5.78. The van der Waals surface area contributed by atoms with Crippen LogP contribution in [0.4, 0.5) is 0 Å². The van der Waals surface area contributed by atoms with Gasteiger partial charge in [-0.05, 0) is 0 Å². The fourth-order valence-corrected chi connectivity index (χ4v) is 16.5. The van der Waals surface area contributed by atoms with Crippen molar-refractivity contribution in [1.82, 2.24) is 26.6 Å². The van der Waals surface area contributed by atoms with E-state index in [1.54, 1.807) is 0 Å². The number of aliphatic hydroxyl groups excluding tert-OH is 30. The highest BCUT2D eigenvalue weighted by Crippen LogP contribution is 2.42. The van der Waals surface area contributed by atoms with E-state index in [9.17, 15) is 187 Å². The molecule has 770 valence electrons. The first-order valence-electron chi connectivity index (χ1n) is 41.9. The third kappa shape index (κ3) is 25.6. The van der Waals surface area contributed by atoms with E-state index in [2.05, 4.69) is 26.6 Å². The van der Waals surface area contributed by atoms with Gasteiger partial charge >= 0.3 is 5.97 Å². The summed E-state index contributed by atoms with van der Waals surface area (Å²) in [6.07, 6.45) is -99.5. The van der Waals surface area contributed by atoms with Crippen molar-refractivity contribution in [2.24, 2.45) is 0 Å². The Morgan fingerprint density at radius 3 is 1.14 bits per heavy atom. The van der Waals surface area contributed by atoms with E-state index in [1.807, 2.05) is 0 Å². The Labute approximate surface area is 751 Å². The number of amides is 5. The molecule has 9 saturated heterocycles. The molecule has 0 unspecified atom stereocenters. The van der Waals surface area contributed by atoms with Gasteiger partial charge in [-0.15, -0.1) is 0 Å². The van der Waals surface area contributed by atoms with Gasteiger partial charge in [0, 0.05) is 34.1 Å². The van der Waals surface area contributed by atoms with Crippen LogP contribution >= 0.6 is 0 Å². The summed E-state index contributed by atoms with van der Waals surface area (Å²) in [5.41, 5.74) is 0. The van der Waals surface area contributed by atoms with Crippen LogP contribution in [-0.2, 0) is 114 Å². The second-order valence-electron chi connectivity index (χ2n) is 33.0. The molecule has 0 aliphatic carbocycles. The van der Waals surface area contributed by atoms with Crippen molar-refractivity contribution >= 4 is 35.5 Å². The maximum absolute atomic E-state index is 13.2. The maximum atomic E-state index is 13.2. The number of rotatable bonds is 41. The Balaban J connectivity index is 1.03.